The van der Waals surface area contributed by atoms with Crippen molar-refractivity contribution in [1.29, 1.82) is 0 Å². The van der Waals surface area contributed by atoms with E-state index in [-0.39, 0.29) is 22.7 Å². The molecule has 180 valence electrons. The van der Waals surface area contributed by atoms with E-state index in [4.69, 9.17) is 9.47 Å². The standard InChI is InChI=1S/C25H35N3O5/c1-17(26-22-9-6-19-12-20(22)14-25(2,13-19)24(29)32-3)23-16-27(10-11-33-23)15-18-4-7-21(8-5-18)28(30)31/h4-5,7-8,19-20,22-23,26H,1,6,9-16H2,2-3H3. The number of nitro benzene ring substituents is 1. The molecule has 0 aromatic heterocycles. The Bertz CT molecular complexity index is 889. The quantitative estimate of drug-likeness (QED) is 0.379. The van der Waals surface area contributed by atoms with Gasteiger partial charge in [-0.2, -0.15) is 0 Å². The number of fused-ring (bicyclic) bond motifs is 2. The number of esters is 1. The normalized spacial score (nSPS) is 32.1. The highest BCUT2D eigenvalue weighted by Gasteiger charge is 2.47. The molecule has 33 heavy (non-hydrogen) atoms. The van der Waals surface area contributed by atoms with Gasteiger partial charge in [-0.25, -0.2) is 0 Å². The Hall–Kier alpha value is -2.45. The Morgan fingerprint density at radius 2 is 2.09 bits per heavy atom. The van der Waals surface area contributed by atoms with Gasteiger partial charge in [-0.1, -0.05) is 18.7 Å². The van der Waals surface area contributed by atoms with Crippen LogP contribution in [0.2, 0.25) is 0 Å². The van der Waals surface area contributed by atoms with Gasteiger partial charge in [-0.15, -0.1) is 0 Å². The van der Waals surface area contributed by atoms with Gasteiger partial charge >= 0.3 is 5.97 Å². The van der Waals surface area contributed by atoms with Gasteiger partial charge in [-0.3, -0.25) is 19.8 Å². The van der Waals surface area contributed by atoms with Gasteiger partial charge in [0.2, 0.25) is 0 Å². The molecule has 5 atom stereocenters. The molecule has 2 saturated carbocycles. The molecule has 1 aliphatic heterocycles. The number of hydrogen-bond acceptors (Lipinski definition) is 7. The van der Waals surface area contributed by atoms with Crippen molar-refractivity contribution >= 4 is 11.7 Å². The minimum Gasteiger partial charge on any atom is -0.469 e. The summed E-state index contributed by atoms with van der Waals surface area (Å²) in [5.41, 5.74) is 1.66. The number of non-ortho nitro benzene ring substituents is 1. The molecule has 1 saturated heterocycles. The van der Waals surface area contributed by atoms with E-state index in [0.717, 1.165) is 63.0 Å². The Balaban J connectivity index is 1.33. The van der Waals surface area contributed by atoms with Crippen molar-refractivity contribution in [3.05, 3.63) is 52.2 Å². The zero-order valence-corrected chi connectivity index (χ0v) is 19.6. The number of hydrogen-bond donors (Lipinski definition) is 1. The maximum Gasteiger partial charge on any atom is 0.311 e. The smallest absolute Gasteiger partial charge is 0.311 e. The summed E-state index contributed by atoms with van der Waals surface area (Å²) in [6.07, 6.45) is 5.02. The van der Waals surface area contributed by atoms with Crippen molar-refractivity contribution in [3.63, 3.8) is 0 Å². The van der Waals surface area contributed by atoms with Crippen LogP contribution in [-0.2, 0) is 20.8 Å². The molecule has 1 heterocycles. The van der Waals surface area contributed by atoms with Gasteiger partial charge in [-0.05, 0) is 56.4 Å². The van der Waals surface area contributed by atoms with Gasteiger partial charge in [0.1, 0.15) is 6.10 Å². The molecule has 4 rings (SSSR count). The van der Waals surface area contributed by atoms with Gasteiger partial charge in [0.15, 0.2) is 0 Å². The average Bonchev–Trinajstić information content (AvgIpc) is 2.80. The number of morpholine rings is 1. The molecule has 0 spiro atoms. The molecule has 2 bridgehead atoms. The lowest BCUT2D eigenvalue weighted by molar-refractivity contribution is -0.384. The van der Waals surface area contributed by atoms with Crippen LogP contribution in [0.5, 0.6) is 0 Å². The Kier molecular flexibility index (Phi) is 7.05. The van der Waals surface area contributed by atoms with E-state index in [1.807, 2.05) is 12.1 Å². The van der Waals surface area contributed by atoms with Gasteiger partial charge in [0, 0.05) is 43.5 Å². The Morgan fingerprint density at radius 3 is 2.79 bits per heavy atom. The average molecular weight is 458 g/mol. The first kappa shape index (κ1) is 23.7. The molecular formula is C25H35N3O5. The highest BCUT2D eigenvalue weighted by Crippen LogP contribution is 2.49. The second kappa shape index (κ2) is 9.81. The van der Waals surface area contributed by atoms with Gasteiger partial charge in [0.25, 0.3) is 5.69 Å². The van der Waals surface area contributed by atoms with Crippen LogP contribution in [0.15, 0.2) is 36.5 Å². The van der Waals surface area contributed by atoms with Gasteiger partial charge < -0.3 is 14.8 Å². The van der Waals surface area contributed by atoms with Crippen molar-refractivity contribution in [2.24, 2.45) is 17.3 Å². The van der Waals surface area contributed by atoms with Crippen LogP contribution in [0.3, 0.4) is 0 Å². The van der Waals surface area contributed by atoms with E-state index in [1.165, 1.54) is 7.11 Å². The SMILES string of the molecule is C=C(NC1CCC2CC1CC(C)(C(=O)OC)C2)C1CN(Cc2ccc([N+](=O)[O-])cc2)CCO1. The maximum absolute atomic E-state index is 12.4. The molecule has 3 fully saturated rings. The third-order valence-electron chi connectivity index (χ3n) is 7.68. The van der Waals surface area contributed by atoms with E-state index in [2.05, 4.69) is 23.7 Å². The van der Waals surface area contributed by atoms with Crippen LogP contribution in [0.25, 0.3) is 0 Å². The lowest BCUT2D eigenvalue weighted by atomic mass is 9.60. The second-order valence-electron chi connectivity index (χ2n) is 10.2. The van der Waals surface area contributed by atoms with E-state index in [9.17, 15) is 14.9 Å². The molecule has 8 nitrogen and oxygen atoms in total. The predicted molar refractivity (Wildman–Crippen MR) is 124 cm³/mol. The Morgan fingerprint density at radius 1 is 1.33 bits per heavy atom. The summed E-state index contributed by atoms with van der Waals surface area (Å²) >= 11 is 0. The monoisotopic (exact) mass is 457 g/mol. The minimum atomic E-state index is -0.396. The number of carbonyl (C=O) groups excluding carboxylic acids is 1. The highest BCUT2D eigenvalue weighted by atomic mass is 16.6. The van der Waals surface area contributed by atoms with E-state index >= 15 is 0 Å². The topological polar surface area (TPSA) is 93.9 Å². The summed E-state index contributed by atoms with van der Waals surface area (Å²) in [6.45, 7) is 9.24. The molecule has 5 unspecified atom stereocenters. The zero-order valence-electron chi connectivity index (χ0n) is 19.6. The lowest BCUT2D eigenvalue weighted by Crippen LogP contribution is -2.51. The van der Waals surface area contributed by atoms with Crippen molar-refractivity contribution in [2.75, 3.05) is 26.8 Å². The number of benzene rings is 1. The molecule has 2 aliphatic carbocycles. The first-order chi connectivity index (χ1) is 15.8. The van der Waals surface area contributed by atoms with Crippen molar-refractivity contribution < 1.29 is 19.2 Å². The lowest BCUT2D eigenvalue weighted by Gasteiger charge is -2.48. The summed E-state index contributed by atoms with van der Waals surface area (Å²) in [4.78, 5) is 25.2. The molecule has 0 amide bonds. The minimum absolute atomic E-state index is 0.0887. The van der Waals surface area contributed by atoms with E-state index in [1.54, 1.807) is 12.1 Å². The third kappa shape index (κ3) is 5.38. The molecule has 1 aromatic rings. The van der Waals surface area contributed by atoms with Crippen LogP contribution >= 0.6 is 0 Å². The summed E-state index contributed by atoms with van der Waals surface area (Å²) in [6, 6.07) is 7.03. The highest BCUT2D eigenvalue weighted by molar-refractivity contribution is 5.76. The zero-order chi connectivity index (χ0) is 23.6. The van der Waals surface area contributed by atoms with E-state index in [0.29, 0.717) is 24.5 Å². The number of nitrogens with zero attached hydrogens (tertiary/aromatic N) is 2. The number of carbonyl (C=O) groups is 1. The van der Waals surface area contributed by atoms with E-state index < -0.39 is 5.41 Å². The largest absolute Gasteiger partial charge is 0.469 e. The van der Waals surface area contributed by atoms with Crippen LogP contribution in [0, 0.1) is 27.4 Å². The number of methoxy groups -OCH3 is 1. The molecule has 0 radical (unpaired) electrons. The van der Waals surface area contributed by atoms with Crippen LogP contribution in [-0.4, -0.2) is 54.7 Å². The molecule has 8 heteroatoms. The maximum atomic E-state index is 12.4. The molecule has 1 aromatic carbocycles. The fourth-order valence-electron chi connectivity index (χ4n) is 6.04. The fraction of sp³-hybridized carbons (Fsp3) is 0.640. The summed E-state index contributed by atoms with van der Waals surface area (Å²) in [5, 5.41) is 14.5. The van der Waals surface area contributed by atoms with Crippen LogP contribution < -0.4 is 5.32 Å². The molecular weight excluding hydrogens is 422 g/mol. The second-order valence-corrected chi connectivity index (χ2v) is 10.2. The summed E-state index contributed by atoms with van der Waals surface area (Å²) < 4.78 is 11.1. The van der Waals surface area contributed by atoms with Crippen molar-refractivity contribution in [3.8, 4) is 0 Å². The fourth-order valence-corrected chi connectivity index (χ4v) is 6.04. The summed E-state index contributed by atoms with van der Waals surface area (Å²) in [7, 11) is 1.48. The molecule has 3 aliphatic rings. The van der Waals surface area contributed by atoms with Crippen molar-refractivity contribution in [2.45, 2.75) is 57.7 Å². The number of nitrogens with one attached hydrogen (secondary N) is 1. The van der Waals surface area contributed by atoms with Crippen LogP contribution in [0.4, 0.5) is 5.69 Å². The molecule has 1 N–H and O–H groups in total. The Labute approximate surface area is 195 Å². The first-order valence-corrected chi connectivity index (χ1v) is 11.9. The number of nitro groups is 1. The van der Waals surface area contributed by atoms with Crippen LogP contribution in [0.1, 0.15) is 44.6 Å². The number of ether oxygens (including phenoxy) is 2. The predicted octanol–water partition coefficient (Wildman–Crippen LogP) is 3.66. The third-order valence-corrected chi connectivity index (χ3v) is 7.68. The van der Waals surface area contributed by atoms with Gasteiger partial charge in [0.05, 0.1) is 24.1 Å². The van der Waals surface area contributed by atoms with Crippen molar-refractivity contribution in [1.82, 2.24) is 10.2 Å². The first-order valence-electron chi connectivity index (χ1n) is 11.9. The number of rotatable bonds is 7. The summed E-state index contributed by atoms with van der Waals surface area (Å²) in [5.74, 6) is 0.926.